The van der Waals surface area contributed by atoms with Gasteiger partial charge in [-0.25, -0.2) is 10.3 Å². The minimum Gasteiger partial charge on any atom is -0.490 e. The summed E-state index contributed by atoms with van der Waals surface area (Å²) in [5.74, 6) is 0.894. The van der Waals surface area contributed by atoms with Gasteiger partial charge < -0.3 is 9.30 Å². The Morgan fingerprint density at radius 3 is 2.72 bits per heavy atom. The molecule has 0 bridgehead atoms. The van der Waals surface area contributed by atoms with Crippen LogP contribution in [0, 0.1) is 0 Å². The lowest BCUT2D eigenvalue weighted by atomic mass is 9.98. The van der Waals surface area contributed by atoms with Crippen LogP contribution < -0.4 is 10.1 Å². The van der Waals surface area contributed by atoms with Crippen molar-refractivity contribution in [2.45, 2.75) is 25.0 Å². The average Bonchev–Trinajstić information content (AvgIpc) is 3.20. The standard InChI is InChI=1S/C24H23N4O/c1-28-16-26-15-23(28)22-13-20(8-10-27-22)29-24-12-19(17-5-3-2-4-6-17)11-18-7-9-25-14-21(18)24/h2-7,9,11-12,14-16,20,22H,8,10,13H2,1H3. The first kappa shape index (κ1) is 17.9. The van der Waals surface area contributed by atoms with Crippen LogP contribution >= 0.6 is 0 Å². The third-order valence-electron chi connectivity index (χ3n) is 5.60. The van der Waals surface area contributed by atoms with Crippen LogP contribution in [0.1, 0.15) is 24.6 Å². The third kappa shape index (κ3) is 3.61. The molecule has 1 aliphatic rings. The van der Waals surface area contributed by atoms with Gasteiger partial charge in [0.1, 0.15) is 11.9 Å². The zero-order valence-electron chi connectivity index (χ0n) is 16.4. The Morgan fingerprint density at radius 1 is 1.00 bits per heavy atom. The van der Waals surface area contributed by atoms with Gasteiger partial charge in [-0.1, -0.05) is 30.3 Å². The molecule has 4 aromatic rings. The maximum Gasteiger partial charge on any atom is 0.129 e. The van der Waals surface area contributed by atoms with Crippen molar-refractivity contribution in [3.63, 3.8) is 0 Å². The summed E-state index contributed by atoms with van der Waals surface area (Å²) < 4.78 is 8.62. The second kappa shape index (κ2) is 7.68. The number of hydrogen-bond acceptors (Lipinski definition) is 3. The molecule has 0 spiro atoms. The molecule has 5 nitrogen and oxygen atoms in total. The number of aryl methyl sites for hydroxylation is 1. The van der Waals surface area contributed by atoms with Crippen LogP contribution in [0.2, 0.25) is 0 Å². The number of aromatic nitrogens is 3. The van der Waals surface area contributed by atoms with E-state index in [4.69, 9.17) is 10.1 Å². The van der Waals surface area contributed by atoms with Gasteiger partial charge in [0.15, 0.2) is 0 Å². The summed E-state index contributed by atoms with van der Waals surface area (Å²) in [6.45, 7) is 0.801. The van der Waals surface area contributed by atoms with E-state index in [2.05, 4.69) is 46.4 Å². The van der Waals surface area contributed by atoms with Gasteiger partial charge in [0.2, 0.25) is 0 Å². The van der Waals surface area contributed by atoms with Crippen molar-refractivity contribution >= 4 is 10.8 Å². The van der Waals surface area contributed by atoms with E-state index in [-0.39, 0.29) is 12.1 Å². The zero-order valence-corrected chi connectivity index (χ0v) is 16.4. The van der Waals surface area contributed by atoms with Crippen molar-refractivity contribution in [2.75, 3.05) is 6.54 Å². The summed E-state index contributed by atoms with van der Waals surface area (Å²) in [6.07, 6.45) is 9.36. The van der Waals surface area contributed by atoms with Crippen LogP contribution in [0.4, 0.5) is 0 Å². The molecule has 0 aliphatic carbocycles. The fourth-order valence-electron chi connectivity index (χ4n) is 4.07. The van der Waals surface area contributed by atoms with Gasteiger partial charge in [-0.15, -0.1) is 0 Å². The molecule has 2 aromatic heterocycles. The Labute approximate surface area is 170 Å². The number of benzene rings is 2. The van der Waals surface area contributed by atoms with Gasteiger partial charge in [0.25, 0.3) is 0 Å². The number of ether oxygens (including phenoxy) is 1. The van der Waals surface area contributed by atoms with Crippen LogP contribution in [-0.2, 0) is 7.05 Å². The predicted octanol–water partition coefficient (Wildman–Crippen LogP) is 4.52. The predicted molar refractivity (Wildman–Crippen MR) is 114 cm³/mol. The lowest BCUT2D eigenvalue weighted by Gasteiger charge is -2.30. The van der Waals surface area contributed by atoms with E-state index in [1.54, 1.807) is 0 Å². The second-order valence-electron chi connectivity index (χ2n) is 7.55. The molecule has 1 saturated heterocycles. The summed E-state index contributed by atoms with van der Waals surface area (Å²) in [4.78, 5) is 8.57. The first-order valence-corrected chi connectivity index (χ1v) is 10.0. The highest BCUT2D eigenvalue weighted by Crippen LogP contribution is 2.35. The van der Waals surface area contributed by atoms with E-state index < -0.39 is 0 Å². The molecule has 1 fully saturated rings. The fourth-order valence-corrected chi connectivity index (χ4v) is 4.07. The first-order chi connectivity index (χ1) is 14.3. The highest BCUT2D eigenvalue weighted by Gasteiger charge is 2.27. The largest absolute Gasteiger partial charge is 0.490 e. The van der Waals surface area contributed by atoms with Crippen molar-refractivity contribution in [3.05, 3.63) is 79.1 Å². The quantitative estimate of drug-likeness (QED) is 0.521. The van der Waals surface area contributed by atoms with Crippen LogP contribution in [0.3, 0.4) is 0 Å². The molecule has 2 aromatic carbocycles. The highest BCUT2D eigenvalue weighted by atomic mass is 16.5. The fraction of sp³-hybridized carbons (Fsp3) is 0.250. The lowest BCUT2D eigenvalue weighted by molar-refractivity contribution is 0.138. The van der Waals surface area contributed by atoms with E-state index in [9.17, 15) is 0 Å². The number of pyridine rings is 1. The smallest absolute Gasteiger partial charge is 0.129 e. The van der Waals surface area contributed by atoms with Crippen LogP contribution in [0.5, 0.6) is 5.75 Å². The second-order valence-corrected chi connectivity index (χ2v) is 7.55. The maximum atomic E-state index is 6.57. The Hall–Kier alpha value is -3.18. The van der Waals surface area contributed by atoms with Crippen molar-refractivity contribution in [1.82, 2.24) is 19.9 Å². The summed E-state index contributed by atoms with van der Waals surface area (Å²) >= 11 is 0. The Bertz CT molecular complexity index is 1120. The molecule has 2 unspecified atom stereocenters. The SMILES string of the molecule is Cn1cncc1C1CC(Oc2cc(-c3ccccc3)cc3ccncc23)CC[N]1. The van der Waals surface area contributed by atoms with Gasteiger partial charge >= 0.3 is 0 Å². The van der Waals surface area contributed by atoms with Gasteiger partial charge in [0, 0.05) is 44.0 Å². The highest BCUT2D eigenvalue weighted by molar-refractivity contribution is 5.92. The number of fused-ring (bicyclic) bond motifs is 1. The Morgan fingerprint density at radius 2 is 1.90 bits per heavy atom. The molecule has 1 aliphatic heterocycles. The minimum absolute atomic E-state index is 0.113. The van der Waals surface area contributed by atoms with E-state index in [0.29, 0.717) is 0 Å². The van der Waals surface area contributed by atoms with Crippen molar-refractivity contribution in [3.8, 4) is 16.9 Å². The average molecular weight is 383 g/mol. The number of nitrogens with zero attached hydrogens (tertiary/aromatic N) is 4. The van der Waals surface area contributed by atoms with Crippen LogP contribution in [0.25, 0.3) is 21.9 Å². The van der Waals surface area contributed by atoms with Crippen molar-refractivity contribution < 1.29 is 4.74 Å². The zero-order chi connectivity index (χ0) is 19.6. The van der Waals surface area contributed by atoms with E-state index >= 15 is 0 Å². The molecule has 3 heterocycles. The lowest BCUT2D eigenvalue weighted by Crippen LogP contribution is -2.34. The molecule has 5 heteroatoms. The third-order valence-corrected chi connectivity index (χ3v) is 5.60. The van der Waals surface area contributed by atoms with Gasteiger partial charge in [0.05, 0.1) is 18.1 Å². The molecule has 0 N–H and O–H groups in total. The molecule has 145 valence electrons. The number of rotatable bonds is 4. The molecular weight excluding hydrogens is 360 g/mol. The van der Waals surface area contributed by atoms with Gasteiger partial charge in [-0.2, -0.15) is 0 Å². The monoisotopic (exact) mass is 383 g/mol. The molecule has 1 radical (unpaired) electrons. The molecule has 2 atom stereocenters. The van der Waals surface area contributed by atoms with Crippen LogP contribution in [-0.4, -0.2) is 27.2 Å². The molecular formula is C24H23N4O. The topological polar surface area (TPSA) is 54.0 Å². The van der Waals surface area contributed by atoms with Gasteiger partial charge in [-0.3, -0.25) is 4.98 Å². The van der Waals surface area contributed by atoms with Crippen molar-refractivity contribution in [1.29, 1.82) is 0 Å². The molecule has 0 saturated carbocycles. The maximum absolute atomic E-state index is 6.57. The Kier molecular flexibility index (Phi) is 4.74. The summed E-state index contributed by atoms with van der Waals surface area (Å²) in [5.41, 5.74) is 3.48. The number of imidazole rings is 1. The summed E-state index contributed by atoms with van der Waals surface area (Å²) in [5, 5.41) is 6.99. The van der Waals surface area contributed by atoms with Crippen molar-refractivity contribution in [2.24, 2.45) is 7.05 Å². The normalized spacial score (nSPS) is 19.3. The molecule has 29 heavy (non-hydrogen) atoms. The number of piperidine rings is 1. The summed E-state index contributed by atoms with van der Waals surface area (Å²) in [6, 6.07) is 16.9. The van der Waals surface area contributed by atoms with E-state index in [1.807, 2.05) is 48.7 Å². The minimum atomic E-state index is 0.113. The first-order valence-electron chi connectivity index (χ1n) is 10.0. The van der Waals surface area contributed by atoms with Gasteiger partial charge in [-0.05, 0) is 41.1 Å². The molecule has 5 rings (SSSR count). The van der Waals surface area contributed by atoms with E-state index in [0.717, 1.165) is 47.2 Å². The van der Waals surface area contributed by atoms with E-state index in [1.165, 1.54) is 5.56 Å². The number of hydrogen-bond donors (Lipinski definition) is 0. The molecule has 0 amide bonds. The summed E-state index contributed by atoms with van der Waals surface area (Å²) in [7, 11) is 2.02. The van der Waals surface area contributed by atoms with Crippen LogP contribution in [0.15, 0.2) is 73.4 Å². The Balaban J connectivity index is 1.47.